The molecule has 30 heavy (non-hydrogen) atoms. The maximum absolute atomic E-state index is 12.5. The lowest BCUT2D eigenvalue weighted by Gasteiger charge is -2.26. The highest BCUT2D eigenvalue weighted by Crippen LogP contribution is 2.17. The summed E-state index contributed by atoms with van der Waals surface area (Å²) in [7, 11) is 0. The molecule has 3 rings (SSSR count). The molecule has 2 aliphatic rings. The monoisotopic (exact) mass is 414 g/mol. The van der Waals surface area contributed by atoms with Crippen molar-refractivity contribution in [1.82, 2.24) is 20.9 Å². The lowest BCUT2D eigenvalue weighted by Crippen LogP contribution is -2.43. The van der Waals surface area contributed by atoms with Gasteiger partial charge in [-0.15, -0.1) is 0 Å². The number of hydrogen-bond acceptors (Lipinski definition) is 3. The average Bonchev–Trinajstić information content (AvgIpc) is 2.79. The van der Waals surface area contributed by atoms with E-state index in [4.69, 9.17) is 0 Å². The van der Waals surface area contributed by atoms with Crippen LogP contribution in [0.15, 0.2) is 24.3 Å². The first-order valence-electron chi connectivity index (χ1n) is 11.3. The molecule has 1 aliphatic carbocycles. The summed E-state index contributed by atoms with van der Waals surface area (Å²) in [5.74, 6) is -0.0238. The predicted molar refractivity (Wildman–Crippen MR) is 116 cm³/mol. The van der Waals surface area contributed by atoms with Crippen molar-refractivity contribution in [1.29, 1.82) is 0 Å². The molecule has 1 aliphatic heterocycles. The van der Waals surface area contributed by atoms with Crippen molar-refractivity contribution in [2.45, 2.75) is 70.4 Å². The van der Waals surface area contributed by atoms with Crippen LogP contribution in [0.5, 0.6) is 0 Å². The van der Waals surface area contributed by atoms with Gasteiger partial charge in [0.25, 0.3) is 5.91 Å². The Morgan fingerprint density at radius 2 is 1.53 bits per heavy atom. The first-order valence-corrected chi connectivity index (χ1v) is 11.3. The lowest BCUT2D eigenvalue weighted by molar-refractivity contribution is -0.121. The van der Waals surface area contributed by atoms with Crippen molar-refractivity contribution < 1.29 is 14.4 Å². The number of likely N-dealkylation sites (tertiary alicyclic amines) is 1. The summed E-state index contributed by atoms with van der Waals surface area (Å²) in [5.41, 5.74) is 1.64. The highest BCUT2D eigenvalue weighted by Gasteiger charge is 2.18. The van der Waals surface area contributed by atoms with Crippen molar-refractivity contribution in [2.75, 3.05) is 19.6 Å². The van der Waals surface area contributed by atoms with Gasteiger partial charge in [-0.1, -0.05) is 31.4 Å². The smallest absolute Gasteiger partial charge is 0.315 e. The molecule has 0 bridgehead atoms. The van der Waals surface area contributed by atoms with E-state index in [1.54, 1.807) is 0 Å². The van der Waals surface area contributed by atoms with Gasteiger partial charge in [-0.05, 0) is 49.8 Å². The van der Waals surface area contributed by atoms with Gasteiger partial charge in [0.2, 0.25) is 5.91 Å². The Balaban J connectivity index is 1.32. The van der Waals surface area contributed by atoms with Crippen LogP contribution in [0.2, 0.25) is 0 Å². The van der Waals surface area contributed by atoms with E-state index in [2.05, 4.69) is 16.0 Å². The van der Waals surface area contributed by atoms with Crippen LogP contribution in [0.25, 0.3) is 0 Å². The second-order valence-electron chi connectivity index (χ2n) is 8.31. The van der Waals surface area contributed by atoms with E-state index >= 15 is 0 Å². The SMILES string of the molecule is O=C(CCNC(=O)NC1CCCCC1)NCc1ccc(C(=O)N2CCCCC2)cc1. The first kappa shape index (κ1) is 22.1. The summed E-state index contributed by atoms with van der Waals surface area (Å²) >= 11 is 0. The topological polar surface area (TPSA) is 90.5 Å². The maximum atomic E-state index is 12.5. The quantitative estimate of drug-likeness (QED) is 0.641. The van der Waals surface area contributed by atoms with E-state index in [1.807, 2.05) is 29.2 Å². The summed E-state index contributed by atoms with van der Waals surface area (Å²) in [6, 6.07) is 7.49. The minimum absolute atomic E-state index is 0.0860. The standard InChI is InChI=1S/C23H34N4O3/c28-21(13-14-24-23(30)26-20-7-3-1-4-8-20)25-17-18-9-11-19(12-10-18)22(29)27-15-5-2-6-16-27/h9-12,20H,1-8,13-17H2,(H,25,28)(H2,24,26,30). The zero-order chi connectivity index (χ0) is 21.2. The molecule has 0 spiro atoms. The van der Waals surface area contributed by atoms with Crippen LogP contribution in [0, 0.1) is 0 Å². The Bertz CT molecular complexity index is 708. The minimum Gasteiger partial charge on any atom is -0.352 e. The second kappa shape index (κ2) is 11.6. The van der Waals surface area contributed by atoms with Gasteiger partial charge in [-0.3, -0.25) is 9.59 Å². The molecule has 1 aromatic rings. The zero-order valence-corrected chi connectivity index (χ0v) is 17.8. The van der Waals surface area contributed by atoms with E-state index < -0.39 is 0 Å². The molecule has 0 unspecified atom stereocenters. The number of carbonyl (C=O) groups excluding carboxylic acids is 3. The third-order valence-corrected chi connectivity index (χ3v) is 5.91. The third kappa shape index (κ3) is 7.04. The Morgan fingerprint density at radius 1 is 0.867 bits per heavy atom. The van der Waals surface area contributed by atoms with E-state index in [0.29, 0.717) is 18.7 Å². The number of carbonyl (C=O) groups is 3. The Labute approximate surface area is 179 Å². The molecule has 7 nitrogen and oxygen atoms in total. The molecule has 0 atom stereocenters. The van der Waals surface area contributed by atoms with Crippen LogP contribution in [0.4, 0.5) is 4.79 Å². The van der Waals surface area contributed by atoms with Gasteiger partial charge in [-0.2, -0.15) is 0 Å². The minimum atomic E-state index is -0.191. The highest BCUT2D eigenvalue weighted by molar-refractivity contribution is 5.94. The largest absolute Gasteiger partial charge is 0.352 e. The van der Waals surface area contributed by atoms with Crippen LogP contribution >= 0.6 is 0 Å². The first-order chi connectivity index (χ1) is 14.6. The molecule has 164 valence electrons. The predicted octanol–water partition coefficient (Wildman–Crippen LogP) is 2.95. The number of nitrogens with one attached hydrogen (secondary N) is 3. The molecule has 3 N–H and O–H groups in total. The van der Waals surface area contributed by atoms with Crippen molar-refractivity contribution in [3.05, 3.63) is 35.4 Å². The van der Waals surface area contributed by atoms with Gasteiger partial charge in [0.1, 0.15) is 0 Å². The van der Waals surface area contributed by atoms with Gasteiger partial charge >= 0.3 is 6.03 Å². The van der Waals surface area contributed by atoms with Gasteiger partial charge in [0.05, 0.1) is 0 Å². The number of rotatable bonds is 7. The molecular weight excluding hydrogens is 380 g/mol. The van der Waals surface area contributed by atoms with Crippen molar-refractivity contribution in [3.8, 4) is 0 Å². The van der Waals surface area contributed by atoms with E-state index in [1.165, 1.54) is 25.7 Å². The van der Waals surface area contributed by atoms with Gasteiger partial charge in [0.15, 0.2) is 0 Å². The molecular formula is C23H34N4O3. The molecule has 0 aromatic heterocycles. The van der Waals surface area contributed by atoms with Crippen molar-refractivity contribution in [2.24, 2.45) is 0 Å². The fraction of sp³-hybridized carbons (Fsp3) is 0.609. The second-order valence-corrected chi connectivity index (χ2v) is 8.31. The molecule has 2 fully saturated rings. The number of urea groups is 1. The Kier molecular flexibility index (Phi) is 8.53. The van der Waals surface area contributed by atoms with Crippen molar-refractivity contribution in [3.63, 3.8) is 0 Å². The fourth-order valence-electron chi connectivity index (χ4n) is 4.11. The number of amides is 4. The number of benzene rings is 1. The Hall–Kier alpha value is -2.57. The summed E-state index contributed by atoms with van der Waals surface area (Å²) in [5, 5.41) is 8.59. The van der Waals surface area contributed by atoms with Crippen LogP contribution in [0.3, 0.4) is 0 Å². The molecule has 1 saturated heterocycles. The molecule has 1 aromatic carbocycles. The number of piperidine rings is 1. The summed E-state index contributed by atoms with van der Waals surface area (Å²) in [4.78, 5) is 38.3. The van der Waals surface area contributed by atoms with Gasteiger partial charge in [-0.25, -0.2) is 4.79 Å². The maximum Gasteiger partial charge on any atom is 0.315 e. The summed E-state index contributed by atoms with van der Waals surface area (Å²) in [6.45, 7) is 2.39. The molecule has 1 heterocycles. The van der Waals surface area contributed by atoms with Crippen LogP contribution in [-0.4, -0.2) is 48.4 Å². The van der Waals surface area contributed by atoms with E-state index in [0.717, 1.165) is 44.3 Å². The van der Waals surface area contributed by atoms with Crippen LogP contribution in [0.1, 0.15) is 73.7 Å². The third-order valence-electron chi connectivity index (χ3n) is 5.91. The zero-order valence-electron chi connectivity index (χ0n) is 17.8. The van der Waals surface area contributed by atoms with Gasteiger partial charge < -0.3 is 20.9 Å². The highest BCUT2D eigenvalue weighted by atomic mass is 16.2. The molecule has 0 radical (unpaired) electrons. The lowest BCUT2D eigenvalue weighted by atomic mass is 9.96. The molecule has 7 heteroatoms. The summed E-state index contributed by atoms with van der Waals surface area (Å²) < 4.78 is 0. The van der Waals surface area contributed by atoms with Crippen LogP contribution in [-0.2, 0) is 11.3 Å². The number of hydrogen-bond donors (Lipinski definition) is 3. The number of nitrogens with zero attached hydrogens (tertiary/aromatic N) is 1. The molecule has 4 amide bonds. The Morgan fingerprint density at radius 3 is 2.23 bits per heavy atom. The van der Waals surface area contributed by atoms with Gasteiger partial charge in [0, 0.05) is 44.2 Å². The van der Waals surface area contributed by atoms with Crippen LogP contribution < -0.4 is 16.0 Å². The average molecular weight is 415 g/mol. The van der Waals surface area contributed by atoms with E-state index in [-0.39, 0.29) is 30.3 Å². The van der Waals surface area contributed by atoms with E-state index in [9.17, 15) is 14.4 Å². The summed E-state index contributed by atoms with van der Waals surface area (Å²) in [6.07, 6.45) is 9.25. The molecule has 1 saturated carbocycles. The van der Waals surface area contributed by atoms with Crippen molar-refractivity contribution >= 4 is 17.8 Å². The normalized spacial score (nSPS) is 17.3. The fourth-order valence-corrected chi connectivity index (χ4v) is 4.11.